The van der Waals surface area contributed by atoms with Crippen LogP contribution < -0.4 is 5.32 Å². The van der Waals surface area contributed by atoms with Crippen molar-refractivity contribution in [1.82, 2.24) is 5.32 Å². The molecule has 14 heavy (non-hydrogen) atoms. The Balaban J connectivity index is 1.89. The summed E-state index contributed by atoms with van der Waals surface area (Å²) in [5.41, 5.74) is 0. The van der Waals surface area contributed by atoms with Crippen LogP contribution in [0.2, 0.25) is 0 Å². The number of carbonyl (C=O) groups is 1. The van der Waals surface area contributed by atoms with Gasteiger partial charge in [0.2, 0.25) is 0 Å². The molecule has 0 atom stereocenters. The lowest BCUT2D eigenvalue weighted by atomic mass is 9.94. The van der Waals surface area contributed by atoms with Gasteiger partial charge in [-0.05, 0) is 38.3 Å². The third kappa shape index (κ3) is 4.56. The first-order valence-electron chi connectivity index (χ1n) is 5.66. The molecule has 1 heterocycles. The molecule has 2 heteroatoms. The summed E-state index contributed by atoms with van der Waals surface area (Å²) in [6.45, 7) is 5.77. The summed E-state index contributed by atoms with van der Waals surface area (Å²) in [7, 11) is 0. The van der Waals surface area contributed by atoms with Gasteiger partial charge in [0.15, 0.2) is 0 Å². The van der Waals surface area contributed by atoms with Gasteiger partial charge >= 0.3 is 0 Å². The van der Waals surface area contributed by atoms with E-state index in [9.17, 15) is 4.79 Å². The lowest BCUT2D eigenvalue weighted by Gasteiger charge is -2.26. The standard InChI is InChI=1S/C12H21NO/c1-2-3-4-5-6-7-12(14)8-11-9-13-10-11/h2,11,13H,1,3-10H2. The van der Waals surface area contributed by atoms with Crippen molar-refractivity contribution in [2.75, 3.05) is 13.1 Å². The Morgan fingerprint density at radius 3 is 2.71 bits per heavy atom. The Hall–Kier alpha value is -0.630. The van der Waals surface area contributed by atoms with Crippen molar-refractivity contribution in [1.29, 1.82) is 0 Å². The van der Waals surface area contributed by atoms with Gasteiger partial charge in [0.1, 0.15) is 5.78 Å². The van der Waals surface area contributed by atoms with Crippen molar-refractivity contribution < 1.29 is 4.79 Å². The maximum atomic E-state index is 11.4. The molecule has 0 aromatic carbocycles. The molecular formula is C12H21NO. The van der Waals surface area contributed by atoms with Crippen molar-refractivity contribution in [2.24, 2.45) is 5.92 Å². The highest BCUT2D eigenvalue weighted by atomic mass is 16.1. The van der Waals surface area contributed by atoms with Crippen molar-refractivity contribution in [3.8, 4) is 0 Å². The van der Waals surface area contributed by atoms with Crippen LogP contribution in [0.3, 0.4) is 0 Å². The van der Waals surface area contributed by atoms with Gasteiger partial charge in [-0.1, -0.05) is 12.5 Å². The Morgan fingerprint density at radius 2 is 2.14 bits per heavy atom. The zero-order valence-electron chi connectivity index (χ0n) is 8.93. The zero-order valence-corrected chi connectivity index (χ0v) is 8.93. The van der Waals surface area contributed by atoms with Gasteiger partial charge < -0.3 is 5.32 Å². The minimum Gasteiger partial charge on any atom is -0.316 e. The number of hydrogen-bond acceptors (Lipinski definition) is 2. The summed E-state index contributed by atoms with van der Waals surface area (Å²) < 4.78 is 0. The molecule has 1 saturated heterocycles. The van der Waals surface area contributed by atoms with Crippen LogP contribution in [0.15, 0.2) is 12.7 Å². The van der Waals surface area contributed by atoms with Crippen LogP contribution >= 0.6 is 0 Å². The van der Waals surface area contributed by atoms with Crippen molar-refractivity contribution in [2.45, 2.75) is 38.5 Å². The summed E-state index contributed by atoms with van der Waals surface area (Å²) in [5, 5.41) is 3.19. The van der Waals surface area contributed by atoms with E-state index < -0.39 is 0 Å². The predicted octanol–water partition coefficient (Wildman–Crippen LogP) is 2.30. The molecule has 0 unspecified atom stereocenters. The minimum absolute atomic E-state index is 0.454. The number of rotatable bonds is 8. The molecule has 0 aromatic heterocycles. The molecule has 0 aromatic rings. The van der Waals surface area contributed by atoms with Crippen molar-refractivity contribution in [3.63, 3.8) is 0 Å². The highest BCUT2D eigenvalue weighted by molar-refractivity contribution is 5.78. The van der Waals surface area contributed by atoms with E-state index in [1.165, 1.54) is 12.8 Å². The molecule has 80 valence electrons. The number of allylic oxidation sites excluding steroid dienone is 1. The molecule has 0 aliphatic carbocycles. The number of hydrogen-bond donors (Lipinski definition) is 1. The second-order valence-electron chi connectivity index (χ2n) is 4.16. The first-order chi connectivity index (χ1) is 6.83. The highest BCUT2D eigenvalue weighted by Gasteiger charge is 2.19. The molecule has 1 rings (SSSR count). The van der Waals surface area contributed by atoms with E-state index >= 15 is 0 Å². The highest BCUT2D eigenvalue weighted by Crippen LogP contribution is 2.12. The Kier molecular flexibility index (Phi) is 5.53. The molecule has 0 bridgehead atoms. The zero-order chi connectivity index (χ0) is 10.2. The van der Waals surface area contributed by atoms with Crippen LogP contribution in [0.5, 0.6) is 0 Å². The Morgan fingerprint density at radius 1 is 1.36 bits per heavy atom. The van der Waals surface area contributed by atoms with Crippen molar-refractivity contribution in [3.05, 3.63) is 12.7 Å². The monoisotopic (exact) mass is 195 g/mol. The molecule has 1 fully saturated rings. The number of carbonyl (C=O) groups excluding carboxylic acids is 1. The van der Waals surface area contributed by atoms with E-state index in [0.717, 1.165) is 38.8 Å². The van der Waals surface area contributed by atoms with E-state index in [0.29, 0.717) is 11.7 Å². The van der Waals surface area contributed by atoms with Gasteiger partial charge in [0.25, 0.3) is 0 Å². The van der Waals surface area contributed by atoms with Crippen LogP contribution in [0.1, 0.15) is 38.5 Å². The fourth-order valence-corrected chi connectivity index (χ4v) is 1.70. The second kappa shape index (κ2) is 6.77. The topological polar surface area (TPSA) is 29.1 Å². The van der Waals surface area contributed by atoms with E-state index in [4.69, 9.17) is 0 Å². The summed E-state index contributed by atoms with van der Waals surface area (Å²) in [6, 6.07) is 0. The van der Waals surface area contributed by atoms with E-state index in [2.05, 4.69) is 11.9 Å². The van der Waals surface area contributed by atoms with Crippen molar-refractivity contribution >= 4 is 5.78 Å². The third-order valence-corrected chi connectivity index (χ3v) is 2.75. The van der Waals surface area contributed by atoms with E-state index in [1.54, 1.807) is 0 Å². The normalized spacial score (nSPS) is 16.3. The SMILES string of the molecule is C=CCCCCCC(=O)CC1CNC1. The van der Waals surface area contributed by atoms with Gasteiger partial charge in [-0.25, -0.2) is 0 Å². The van der Waals surface area contributed by atoms with Crippen LogP contribution in [0.25, 0.3) is 0 Å². The third-order valence-electron chi connectivity index (χ3n) is 2.75. The molecule has 1 aliphatic rings. The number of nitrogens with one attached hydrogen (secondary N) is 1. The largest absolute Gasteiger partial charge is 0.316 e. The molecule has 1 N–H and O–H groups in total. The summed E-state index contributed by atoms with van der Waals surface area (Å²) in [4.78, 5) is 11.4. The van der Waals surface area contributed by atoms with Gasteiger partial charge in [0.05, 0.1) is 0 Å². The summed E-state index contributed by atoms with van der Waals surface area (Å²) in [5.74, 6) is 1.09. The van der Waals surface area contributed by atoms with E-state index in [-0.39, 0.29) is 0 Å². The minimum atomic E-state index is 0.454. The molecule has 0 spiro atoms. The van der Waals surface area contributed by atoms with Gasteiger partial charge in [0, 0.05) is 12.8 Å². The Bertz CT molecular complexity index is 185. The van der Waals surface area contributed by atoms with Crippen LogP contribution in [-0.4, -0.2) is 18.9 Å². The van der Waals surface area contributed by atoms with Gasteiger partial charge in [-0.15, -0.1) is 6.58 Å². The predicted molar refractivity (Wildman–Crippen MR) is 59.3 cm³/mol. The first kappa shape index (κ1) is 11.4. The summed E-state index contributed by atoms with van der Waals surface area (Å²) >= 11 is 0. The quantitative estimate of drug-likeness (QED) is 0.475. The average Bonchev–Trinajstić information content (AvgIpc) is 2.11. The van der Waals surface area contributed by atoms with Gasteiger partial charge in [-0.2, -0.15) is 0 Å². The molecule has 0 saturated carbocycles. The molecule has 1 aliphatic heterocycles. The molecule has 0 radical (unpaired) electrons. The smallest absolute Gasteiger partial charge is 0.133 e. The average molecular weight is 195 g/mol. The molecule has 2 nitrogen and oxygen atoms in total. The maximum Gasteiger partial charge on any atom is 0.133 e. The first-order valence-corrected chi connectivity index (χ1v) is 5.66. The van der Waals surface area contributed by atoms with Gasteiger partial charge in [-0.3, -0.25) is 4.79 Å². The lowest BCUT2D eigenvalue weighted by Crippen LogP contribution is -2.42. The second-order valence-corrected chi connectivity index (χ2v) is 4.16. The fraction of sp³-hybridized carbons (Fsp3) is 0.750. The van der Waals surface area contributed by atoms with Crippen LogP contribution in [0, 0.1) is 5.92 Å². The number of Topliss-reactive ketones (excluding diaryl/α,β-unsaturated/α-hetero) is 1. The maximum absolute atomic E-state index is 11.4. The molecule has 0 amide bonds. The molecular weight excluding hydrogens is 174 g/mol. The summed E-state index contributed by atoms with van der Waals surface area (Å²) in [6.07, 6.45) is 8.03. The lowest BCUT2D eigenvalue weighted by molar-refractivity contribution is -0.120. The Labute approximate surface area is 86.8 Å². The van der Waals surface area contributed by atoms with Crippen LogP contribution in [-0.2, 0) is 4.79 Å². The number of unbranched alkanes of at least 4 members (excludes halogenated alkanes) is 3. The fourth-order valence-electron chi connectivity index (χ4n) is 1.70. The number of ketones is 1. The van der Waals surface area contributed by atoms with Crippen LogP contribution in [0.4, 0.5) is 0 Å². The van der Waals surface area contributed by atoms with E-state index in [1.807, 2.05) is 6.08 Å².